The normalized spacial score (nSPS) is 11.9. The van der Waals surface area contributed by atoms with Crippen LogP contribution in [0, 0.1) is 0 Å². The van der Waals surface area contributed by atoms with Gasteiger partial charge in [-0.25, -0.2) is 0 Å². The summed E-state index contributed by atoms with van der Waals surface area (Å²) in [5, 5.41) is 3.59. The molecule has 0 radical (unpaired) electrons. The lowest BCUT2D eigenvalue weighted by atomic mass is 10.1. The maximum Gasteiger partial charge on any atom is 0.251 e. The number of ether oxygens (including phenoxy) is 1. The number of benzene rings is 1. The number of aromatic nitrogens is 1. The van der Waals surface area contributed by atoms with Gasteiger partial charge in [0, 0.05) is 30.1 Å². The van der Waals surface area contributed by atoms with Gasteiger partial charge < -0.3 is 10.1 Å². The van der Waals surface area contributed by atoms with Crippen LogP contribution in [0.4, 0.5) is 0 Å². The molecule has 5 heteroatoms. The minimum Gasteiger partial charge on any atom is -0.382 e. The van der Waals surface area contributed by atoms with E-state index in [1.54, 1.807) is 43.8 Å². The Hall–Kier alpha value is -1.91. The molecule has 0 aliphatic heterocycles. The summed E-state index contributed by atoms with van der Waals surface area (Å²) in [4.78, 5) is 16.0. The van der Waals surface area contributed by atoms with Gasteiger partial charge >= 0.3 is 0 Å². The van der Waals surface area contributed by atoms with E-state index in [1.807, 2.05) is 12.1 Å². The SMILES string of the molecule is COC[C@@H](NC(=O)c1ccncc1)c1ccc(Cl)cc1. The molecule has 20 heavy (non-hydrogen) atoms. The number of pyridine rings is 1. The van der Waals surface area contributed by atoms with Crippen LogP contribution >= 0.6 is 11.6 Å². The first-order valence-electron chi connectivity index (χ1n) is 6.16. The van der Waals surface area contributed by atoms with Crippen molar-refractivity contribution in [3.8, 4) is 0 Å². The average molecular weight is 291 g/mol. The highest BCUT2D eigenvalue weighted by atomic mass is 35.5. The summed E-state index contributed by atoms with van der Waals surface area (Å²) in [5.74, 6) is -0.163. The van der Waals surface area contributed by atoms with Crippen LogP contribution in [0.25, 0.3) is 0 Å². The number of nitrogens with one attached hydrogen (secondary N) is 1. The van der Waals surface area contributed by atoms with Gasteiger partial charge in [0.2, 0.25) is 0 Å². The quantitative estimate of drug-likeness (QED) is 0.921. The lowest BCUT2D eigenvalue weighted by molar-refractivity contribution is 0.0896. The molecule has 0 aliphatic carbocycles. The third-order valence-corrected chi connectivity index (χ3v) is 3.11. The second-order valence-electron chi connectivity index (χ2n) is 4.27. The van der Waals surface area contributed by atoms with Crippen LogP contribution in [-0.2, 0) is 4.74 Å². The molecule has 1 aromatic carbocycles. The molecule has 0 fully saturated rings. The summed E-state index contributed by atoms with van der Waals surface area (Å²) >= 11 is 5.87. The zero-order valence-corrected chi connectivity index (χ0v) is 11.8. The zero-order chi connectivity index (χ0) is 14.4. The number of methoxy groups -OCH3 is 1. The number of hydrogen-bond donors (Lipinski definition) is 1. The van der Waals surface area contributed by atoms with Gasteiger partial charge in [-0.3, -0.25) is 9.78 Å². The molecule has 1 amide bonds. The third kappa shape index (κ3) is 3.79. The van der Waals surface area contributed by atoms with E-state index in [9.17, 15) is 4.79 Å². The summed E-state index contributed by atoms with van der Waals surface area (Å²) in [7, 11) is 1.60. The standard InChI is InChI=1S/C15H15ClN2O2/c1-20-10-14(11-2-4-13(16)5-3-11)18-15(19)12-6-8-17-9-7-12/h2-9,14H,10H2,1H3,(H,18,19)/t14-/m1/s1. The summed E-state index contributed by atoms with van der Waals surface area (Å²) in [6, 6.07) is 10.4. The number of carbonyl (C=O) groups excluding carboxylic acids is 1. The number of carbonyl (C=O) groups is 1. The molecule has 2 aromatic rings. The maximum absolute atomic E-state index is 12.1. The van der Waals surface area contributed by atoms with Crippen LogP contribution in [0.3, 0.4) is 0 Å². The van der Waals surface area contributed by atoms with Crippen molar-refractivity contribution >= 4 is 17.5 Å². The van der Waals surface area contributed by atoms with Crippen molar-refractivity contribution in [2.75, 3.05) is 13.7 Å². The van der Waals surface area contributed by atoms with Crippen molar-refractivity contribution in [2.24, 2.45) is 0 Å². The molecule has 104 valence electrons. The average Bonchev–Trinajstić information content (AvgIpc) is 2.48. The zero-order valence-electron chi connectivity index (χ0n) is 11.0. The molecule has 1 N–H and O–H groups in total. The monoisotopic (exact) mass is 290 g/mol. The second kappa shape index (κ2) is 7.03. The topological polar surface area (TPSA) is 51.2 Å². The van der Waals surface area contributed by atoms with Crippen LogP contribution < -0.4 is 5.32 Å². The molecule has 4 nitrogen and oxygen atoms in total. The number of hydrogen-bond acceptors (Lipinski definition) is 3. The smallest absolute Gasteiger partial charge is 0.251 e. The minimum absolute atomic E-state index is 0.163. The number of amides is 1. The lowest BCUT2D eigenvalue weighted by Crippen LogP contribution is -2.31. The van der Waals surface area contributed by atoms with Crippen LogP contribution in [0.2, 0.25) is 5.02 Å². The molecule has 0 unspecified atom stereocenters. The van der Waals surface area contributed by atoms with Crippen LogP contribution in [0.1, 0.15) is 22.0 Å². The van der Waals surface area contributed by atoms with Crippen molar-refractivity contribution in [2.45, 2.75) is 6.04 Å². The summed E-state index contributed by atoms with van der Waals surface area (Å²) < 4.78 is 5.17. The number of nitrogens with zero attached hydrogens (tertiary/aromatic N) is 1. The fourth-order valence-corrected chi connectivity index (χ4v) is 1.95. The number of halogens is 1. The molecule has 1 atom stereocenters. The highest BCUT2D eigenvalue weighted by Gasteiger charge is 2.15. The highest BCUT2D eigenvalue weighted by Crippen LogP contribution is 2.17. The Morgan fingerprint density at radius 1 is 1.25 bits per heavy atom. The molecule has 1 heterocycles. The number of rotatable bonds is 5. The van der Waals surface area contributed by atoms with Gasteiger partial charge in [0.25, 0.3) is 5.91 Å². The maximum atomic E-state index is 12.1. The first kappa shape index (κ1) is 14.5. The highest BCUT2D eigenvalue weighted by molar-refractivity contribution is 6.30. The molecule has 0 spiro atoms. The van der Waals surface area contributed by atoms with Gasteiger partial charge in [-0.15, -0.1) is 0 Å². The summed E-state index contributed by atoms with van der Waals surface area (Å²) in [6.07, 6.45) is 3.17. The fraction of sp³-hybridized carbons (Fsp3) is 0.200. The molecule has 0 bridgehead atoms. The Balaban J connectivity index is 2.13. The molecular weight excluding hydrogens is 276 g/mol. The van der Waals surface area contributed by atoms with E-state index in [1.165, 1.54) is 0 Å². The Morgan fingerprint density at radius 3 is 2.50 bits per heavy atom. The molecule has 2 rings (SSSR count). The summed E-state index contributed by atoms with van der Waals surface area (Å²) in [5.41, 5.74) is 1.51. The van der Waals surface area contributed by atoms with E-state index in [0.29, 0.717) is 17.2 Å². The van der Waals surface area contributed by atoms with E-state index in [4.69, 9.17) is 16.3 Å². The molecule has 0 aliphatic rings. The Morgan fingerprint density at radius 2 is 1.90 bits per heavy atom. The minimum atomic E-state index is -0.224. The van der Waals surface area contributed by atoms with E-state index < -0.39 is 0 Å². The second-order valence-corrected chi connectivity index (χ2v) is 4.71. The van der Waals surface area contributed by atoms with E-state index in [0.717, 1.165) is 5.56 Å². The molecule has 1 aromatic heterocycles. The largest absolute Gasteiger partial charge is 0.382 e. The van der Waals surface area contributed by atoms with E-state index in [-0.39, 0.29) is 11.9 Å². The molecule has 0 saturated carbocycles. The van der Waals surface area contributed by atoms with Gasteiger partial charge in [-0.2, -0.15) is 0 Å². The first-order valence-corrected chi connectivity index (χ1v) is 6.54. The fourth-order valence-electron chi connectivity index (χ4n) is 1.83. The molecule has 0 saturated heterocycles. The van der Waals surface area contributed by atoms with Gasteiger partial charge in [0.15, 0.2) is 0 Å². The Kier molecular flexibility index (Phi) is 5.09. The van der Waals surface area contributed by atoms with Crippen LogP contribution in [-0.4, -0.2) is 24.6 Å². The van der Waals surface area contributed by atoms with Crippen LogP contribution in [0.15, 0.2) is 48.8 Å². The predicted molar refractivity (Wildman–Crippen MR) is 77.8 cm³/mol. The van der Waals surface area contributed by atoms with Crippen molar-refractivity contribution < 1.29 is 9.53 Å². The first-order chi connectivity index (χ1) is 9.70. The molecular formula is C15H15ClN2O2. The Bertz CT molecular complexity index is 558. The van der Waals surface area contributed by atoms with Crippen molar-refractivity contribution in [3.63, 3.8) is 0 Å². The van der Waals surface area contributed by atoms with Gasteiger partial charge in [-0.05, 0) is 29.8 Å². The lowest BCUT2D eigenvalue weighted by Gasteiger charge is -2.18. The van der Waals surface area contributed by atoms with E-state index in [2.05, 4.69) is 10.3 Å². The third-order valence-electron chi connectivity index (χ3n) is 2.85. The Labute approximate surface area is 122 Å². The van der Waals surface area contributed by atoms with Gasteiger partial charge in [-0.1, -0.05) is 23.7 Å². The predicted octanol–water partition coefficient (Wildman–Crippen LogP) is 2.85. The van der Waals surface area contributed by atoms with Gasteiger partial charge in [0.05, 0.1) is 12.6 Å². The summed E-state index contributed by atoms with van der Waals surface area (Å²) in [6.45, 7) is 0.387. The van der Waals surface area contributed by atoms with Crippen LogP contribution in [0.5, 0.6) is 0 Å². The van der Waals surface area contributed by atoms with Crippen molar-refractivity contribution in [1.29, 1.82) is 0 Å². The van der Waals surface area contributed by atoms with Crippen molar-refractivity contribution in [1.82, 2.24) is 10.3 Å². The van der Waals surface area contributed by atoms with Gasteiger partial charge in [0.1, 0.15) is 0 Å². The van der Waals surface area contributed by atoms with E-state index >= 15 is 0 Å². The van der Waals surface area contributed by atoms with Crippen molar-refractivity contribution in [3.05, 3.63) is 64.9 Å².